The summed E-state index contributed by atoms with van der Waals surface area (Å²) in [6.07, 6.45) is 3.14. The van der Waals surface area contributed by atoms with Crippen molar-refractivity contribution in [2.45, 2.75) is 29.9 Å². The first kappa shape index (κ1) is 15.3. The second-order valence-corrected chi connectivity index (χ2v) is 8.40. The van der Waals surface area contributed by atoms with E-state index < -0.39 is 0 Å². The minimum Gasteiger partial charge on any atom is -0.339 e. The van der Waals surface area contributed by atoms with Crippen molar-refractivity contribution in [3.8, 4) is 0 Å². The SMILES string of the molecule is NC1CCN(C(=O)c2ccc(C3SCCCS3)cc2)CC1. The lowest BCUT2D eigenvalue weighted by molar-refractivity contribution is 0.0715. The second-order valence-electron chi connectivity index (χ2n) is 5.68. The van der Waals surface area contributed by atoms with Crippen LogP contribution in [0.25, 0.3) is 0 Å². The van der Waals surface area contributed by atoms with E-state index in [-0.39, 0.29) is 11.9 Å². The van der Waals surface area contributed by atoms with Crippen molar-refractivity contribution in [2.24, 2.45) is 5.73 Å². The minimum absolute atomic E-state index is 0.150. The third-order valence-electron chi connectivity index (χ3n) is 4.08. The Balaban J connectivity index is 1.64. The number of benzene rings is 1. The molecule has 114 valence electrons. The van der Waals surface area contributed by atoms with Crippen molar-refractivity contribution >= 4 is 29.4 Å². The largest absolute Gasteiger partial charge is 0.339 e. The Morgan fingerprint density at radius 3 is 2.33 bits per heavy atom. The topological polar surface area (TPSA) is 46.3 Å². The summed E-state index contributed by atoms with van der Waals surface area (Å²) in [5.74, 6) is 2.64. The number of rotatable bonds is 2. The van der Waals surface area contributed by atoms with Crippen LogP contribution in [0.2, 0.25) is 0 Å². The van der Waals surface area contributed by atoms with Crippen LogP contribution in [0.1, 0.15) is 39.8 Å². The lowest BCUT2D eigenvalue weighted by atomic mass is 10.0. The summed E-state index contributed by atoms with van der Waals surface area (Å²) in [6.45, 7) is 1.58. The number of amides is 1. The summed E-state index contributed by atoms with van der Waals surface area (Å²) < 4.78 is 0.538. The molecule has 2 fully saturated rings. The van der Waals surface area contributed by atoms with Gasteiger partial charge in [0.05, 0.1) is 4.58 Å². The Hall–Kier alpha value is -0.650. The zero-order chi connectivity index (χ0) is 14.7. The quantitative estimate of drug-likeness (QED) is 0.909. The van der Waals surface area contributed by atoms with Gasteiger partial charge in [-0.25, -0.2) is 0 Å². The summed E-state index contributed by atoms with van der Waals surface area (Å²) in [5.41, 5.74) is 8.04. The van der Waals surface area contributed by atoms with Crippen LogP contribution in [0, 0.1) is 0 Å². The summed E-state index contributed by atoms with van der Waals surface area (Å²) in [4.78, 5) is 14.4. The van der Waals surface area contributed by atoms with Gasteiger partial charge in [-0.05, 0) is 48.5 Å². The molecule has 5 heteroatoms. The molecule has 0 bridgehead atoms. The van der Waals surface area contributed by atoms with E-state index in [9.17, 15) is 4.79 Å². The summed E-state index contributed by atoms with van der Waals surface area (Å²) in [7, 11) is 0. The van der Waals surface area contributed by atoms with Crippen molar-refractivity contribution in [3.63, 3.8) is 0 Å². The fraction of sp³-hybridized carbons (Fsp3) is 0.562. The predicted octanol–water partition coefficient (Wildman–Crippen LogP) is 3.12. The maximum absolute atomic E-state index is 12.5. The van der Waals surface area contributed by atoms with Gasteiger partial charge in [0.2, 0.25) is 0 Å². The standard InChI is InChI=1S/C16H22N2OS2/c17-14-6-8-18(9-7-14)15(19)12-2-4-13(5-3-12)16-20-10-1-11-21-16/h2-5,14,16H,1,6-11,17H2. The lowest BCUT2D eigenvalue weighted by Crippen LogP contribution is -2.42. The number of likely N-dealkylation sites (tertiary alicyclic amines) is 1. The van der Waals surface area contributed by atoms with Gasteiger partial charge in [-0.2, -0.15) is 0 Å². The number of nitrogens with zero attached hydrogens (tertiary/aromatic N) is 1. The van der Waals surface area contributed by atoms with E-state index in [1.54, 1.807) is 0 Å². The molecule has 2 heterocycles. The molecule has 0 spiro atoms. The van der Waals surface area contributed by atoms with Gasteiger partial charge >= 0.3 is 0 Å². The van der Waals surface area contributed by atoms with Gasteiger partial charge in [0.1, 0.15) is 0 Å². The van der Waals surface area contributed by atoms with Crippen molar-refractivity contribution in [2.75, 3.05) is 24.6 Å². The number of carbonyl (C=O) groups excluding carboxylic acids is 1. The Morgan fingerprint density at radius 1 is 1.10 bits per heavy atom. The summed E-state index contributed by atoms with van der Waals surface area (Å²) in [5, 5.41) is 0. The van der Waals surface area contributed by atoms with Gasteiger partial charge in [0, 0.05) is 24.7 Å². The Morgan fingerprint density at radius 2 is 1.71 bits per heavy atom. The summed E-state index contributed by atoms with van der Waals surface area (Å²) in [6, 6.07) is 8.48. The zero-order valence-electron chi connectivity index (χ0n) is 12.2. The van der Waals surface area contributed by atoms with Crippen molar-refractivity contribution in [3.05, 3.63) is 35.4 Å². The Bertz CT molecular complexity index is 478. The van der Waals surface area contributed by atoms with Gasteiger partial charge < -0.3 is 10.6 Å². The van der Waals surface area contributed by atoms with E-state index in [4.69, 9.17) is 5.73 Å². The van der Waals surface area contributed by atoms with Crippen molar-refractivity contribution in [1.29, 1.82) is 0 Å². The molecular weight excluding hydrogens is 300 g/mol. The molecule has 1 aromatic carbocycles. The molecule has 2 N–H and O–H groups in total. The van der Waals surface area contributed by atoms with E-state index in [1.165, 1.54) is 23.5 Å². The third kappa shape index (κ3) is 3.76. The van der Waals surface area contributed by atoms with E-state index in [1.807, 2.05) is 40.6 Å². The fourth-order valence-corrected chi connectivity index (χ4v) is 5.64. The number of nitrogens with two attached hydrogens (primary N) is 1. The second kappa shape index (κ2) is 7.07. The first-order chi connectivity index (χ1) is 10.2. The Labute approximate surface area is 135 Å². The lowest BCUT2D eigenvalue weighted by Gasteiger charge is -2.30. The summed E-state index contributed by atoms with van der Waals surface area (Å²) >= 11 is 4.03. The highest BCUT2D eigenvalue weighted by Crippen LogP contribution is 2.43. The highest BCUT2D eigenvalue weighted by Gasteiger charge is 2.22. The smallest absolute Gasteiger partial charge is 0.253 e. The molecule has 0 atom stereocenters. The molecule has 3 rings (SSSR count). The number of hydrogen-bond donors (Lipinski definition) is 1. The van der Waals surface area contributed by atoms with Crippen LogP contribution < -0.4 is 5.73 Å². The van der Waals surface area contributed by atoms with Crippen LogP contribution in [0.15, 0.2) is 24.3 Å². The van der Waals surface area contributed by atoms with Crippen molar-refractivity contribution < 1.29 is 4.79 Å². The average molecular weight is 322 g/mol. The molecule has 2 aliphatic heterocycles. The average Bonchev–Trinajstić information content (AvgIpc) is 2.56. The molecule has 1 aromatic rings. The monoisotopic (exact) mass is 322 g/mol. The van der Waals surface area contributed by atoms with E-state index >= 15 is 0 Å². The Kier molecular flexibility index (Phi) is 5.14. The van der Waals surface area contributed by atoms with Crippen LogP contribution in [-0.2, 0) is 0 Å². The van der Waals surface area contributed by atoms with Crippen LogP contribution in [-0.4, -0.2) is 41.4 Å². The molecule has 0 saturated carbocycles. The molecule has 2 aliphatic rings. The molecular formula is C16H22N2OS2. The molecule has 2 saturated heterocycles. The number of piperidine rings is 1. The van der Waals surface area contributed by atoms with E-state index in [2.05, 4.69) is 12.1 Å². The van der Waals surface area contributed by atoms with Gasteiger partial charge in [-0.3, -0.25) is 4.79 Å². The van der Waals surface area contributed by atoms with Crippen LogP contribution >= 0.6 is 23.5 Å². The van der Waals surface area contributed by atoms with E-state index in [0.29, 0.717) is 4.58 Å². The molecule has 0 aliphatic carbocycles. The first-order valence-corrected chi connectivity index (χ1v) is 9.72. The maximum atomic E-state index is 12.5. The number of hydrogen-bond acceptors (Lipinski definition) is 4. The highest BCUT2D eigenvalue weighted by molar-refractivity contribution is 8.16. The predicted molar refractivity (Wildman–Crippen MR) is 91.8 cm³/mol. The highest BCUT2D eigenvalue weighted by atomic mass is 32.2. The van der Waals surface area contributed by atoms with Gasteiger partial charge in [-0.15, -0.1) is 23.5 Å². The molecule has 0 radical (unpaired) electrons. The van der Waals surface area contributed by atoms with E-state index in [0.717, 1.165) is 31.5 Å². The third-order valence-corrected chi connectivity index (χ3v) is 7.10. The molecule has 0 aromatic heterocycles. The molecule has 3 nitrogen and oxygen atoms in total. The first-order valence-electron chi connectivity index (χ1n) is 7.62. The number of thioether (sulfide) groups is 2. The normalized spacial score (nSPS) is 21.5. The maximum Gasteiger partial charge on any atom is 0.253 e. The zero-order valence-corrected chi connectivity index (χ0v) is 13.8. The van der Waals surface area contributed by atoms with Crippen LogP contribution in [0.5, 0.6) is 0 Å². The molecule has 1 amide bonds. The molecule has 21 heavy (non-hydrogen) atoms. The molecule has 0 unspecified atom stereocenters. The van der Waals surface area contributed by atoms with Gasteiger partial charge in [0.25, 0.3) is 5.91 Å². The van der Waals surface area contributed by atoms with Crippen molar-refractivity contribution in [1.82, 2.24) is 4.90 Å². The fourth-order valence-electron chi connectivity index (χ4n) is 2.75. The van der Waals surface area contributed by atoms with Gasteiger partial charge in [0.15, 0.2) is 0 Å². The minimum atomic E-state index is 0.150. The van der Waals surface area contributed by atoms with Crippen LogP contribution in [0.3, 0.4) is 0 Å². The van der Waals surface area contributed by atoms with Gasteiger partial charge in [-0.1, -0.05) is 12.1 Å². The van der Waals surface area contributed by atoms with Crippen LogP contribution in [0.4, 0.5) is 0 Å². The number of carbonyl (C=O) groups is 1.